The quantitative estimate of drug-likeness (QED) is 0.622. The van der Waals surface area contributed by atoms with Gasteiger partial charge in [-0.3, -0.25) is 4.79 Å². The maximum absolute atomic E-state index is 11.2. The number of rotatable bonds is 3. The summed E-state index contributed by atoms with van der Waals surface area (Å²) >= 11 is 0. The zero-order valence-corrected chi connectivity index (χ0v) is 6.62. The van der Waals surface area contributed by atoms with E-state index >= 15 is 0 Å². The molecule has 0 saturated carbocycles. The molecule has 0 amide bonds. The molecule has 0 aliphatic heterocycles. The minimum absolute atomic E-state index is 0.0107. The normalized spacial score (nSPS) is 23.5. The minimum Gasteiger partial charge on any atom is -0.396 e. The molecule has 1 N–H and O–H groups in total. The lowest BCUT2D eigenvalue weighted by Crippen LogP contribution is -2.15. The lowest BCUT2D eigenvalue weighted by molar-refractivity contribution is -0.122. The van der Waals surface area contributed by atoms with E-state index in [2.05, 4.69) is 6.08 Å². The number of Topliss-reactive ketones (excluding diaryl/α,β-unsaturated/α-hetero) is 1. The van der Waals surface area contributed by atoms with Gasteiger partial charge < -0.3 is 5.11 Å². The highest BCUT2D eigenvalue weighted by molar-refractivity contribution is 5.82. The summed E-state index contributed by atoms with van der Waals surface area (Å²) in [6, 6.07) is 0. The first-order valence-electron chi connectivity index (χ1n) is 4.15. The molecule has 1 aliphatic carbocycles. The molecule has 0 aromatic carbocycles. The molecule has 11 heavy (non-hydrogen) atoms. The van der Waals surface area contributed by atoms with Gasteiger partial charge in [0.05, 0.1) is 0 Å². The number of allylic oxidation sites excluding steroid dienone is 2. The van der Waals surface area contributed by atoms with Crippen molar-refractivity contribution in [2.45, 2.75) is 25.7 Å². The number of hydrogen-bond acceptors (Lipinski definition) is 2. The molecule has 2 heteroatoms. The van der Waals surface area contributed by atoms with Gasteiger partial charge in [0.25, 0.3) is 0 Å². The van der Waals surface area contributed by atoms with Gasteiger partial charge in [0.15, 0.2) is 0 Å². The number of hydrogen-bond donors (Lipinski definition) is 1. The van der Waals surface area contributed by atoms with E-state index in [0.717, 1.165) is 19.3 Å². The Morgan fingerprint density at radius 1 is 1.64 bits per heavy atom. The maximum Gasteiger partial charge on any atom is 0.142 e. The van der Waals surface area contributed by atoms with Crippen LogP contribution in [0.25, 0.3) is 0 Å². The molecule has 62 valence electrons. The molecule has 0 radical (unpaired) electrons. The Balaban J connectivity index is 2.39. The van der Waals surface area contributed by atoms with Crippen LogP contribution in [0.3, 0.4) is 0 Å². The third kappa shape index (κ3) is 2.46. The predicted octanol–water partition coefficient (Wildman–Crippen LogP) is 1.29. The summed E-state index contributed by atoms with van der Waals surface area (Å²) in [6.45, 7) is -0.0107. The molecule has 1 unspecified atom stereocenters. The largest absolute Gasteiger partial charge is 0.396 e. The Labute approximate surface area is 66.9 Å². The summed E-state index contributed by atoms with van der Waals surface area (Å²) in [5.41, 5.74) is 0. The van der Waals surface area contributed by atoms with Crippen LogP contribution >= 0.6 is 0 Å². The smallest absolute Gasteiger partial charge is 0.142 e. The third-order valence-corrected chi connectivity index (χ3v) is 2.03. The monoisotopic (exact) mass is 154 g/mol. The number of aliphatic hydroxyl groups is 1. The first-order valence-corrected chi connectivity index (χ1v) is 4.15. The molecule has 2 nitrogen and oxygen atoms in total. The maximum atomic E-state index is 11.2. The van der Waals surface area contributed by atoms with Crippen molar-refractivity contribution >= 4 is 5.78 Å². The SMILES string of the molecule is O=C(CCO)C1C=CCCC1. The summed E-state index contributed by atoms with van der Waals surface area (Å²) in [7, 11) is 0. The van der Waals surface area contributed by atoms with Crippen LogP contribution in [-0.4, -0.2) is 17.5 Å². The lowest BCUT2D eigenvalue weighted by atomic mass is 9.91. The Hall–Kier alpha value is -0.630. The van der Waals surface area contributed by atoms with Crippen LogP contribution in [-0.2, 0) is 4.79 Å². The summed E-state index contributed by atoms with van der Waals surface area (Å²) in [4.78, 5) is 11.2. The van der Waals surface area contributed by atoms with E-state index < -0.39 is 0 Å². The summed E-state index contributed by atoms with van der Waals surface area (Å²) in [6.07, 6.45) is 7.52. The predicted molar refractivity (Wildman–Crippen MR) is 43.2 cm³/mol. The van der Waals surface area contributed by atoms with Crippen molar-refractivity contribution in [3.05, 3.63) is 12.2 Å². The Kier molecular flexibility index (Phi) is 3.30. The topological polar surface area (TPSA) is 37.3 Å². The fraction of sp³-hybridized carbons (Fsp3) is 0.667. The molecule has 1 rings (SSSR count). The van der Waals surface area contributed by atoms with Crippen molar-refractivity contribution in [2.75, 3.05) is 6.61 Å². The Morgan fingerprint density at radius 2 is 2.45 bits per heavy atom. The van der Waals surface area contributed by atoms with Crippen LogP contribution in [0.4, 0.5) is 0 Å². The van der Waals surface area contributed by atoms with E-state index in [-0.39, 0.29) is 18.3 Å². The molecule has 0 bridgehead atoms. The van der Waals surface area contributed by atoms with Gasteiger partial charge in [-0.1, -0.05) is 12.2 Å². The second-order valence-electron chi connectivity index (χ2n) is 2.91. The van der Waals surface area contributed by atoms with E-state index in [9.17, 15) is 4.79 Å². The molecular weight excluding hydrogens is 140 g/mol. The van der Waals surface area contributed by atoms with E-state index in [0.29, 0.717) is 6.42 Å². The molecule has 0 fully saturated rings. The van der Waals surface area contributed by atoms with Gasteiger partial charge in [-0.15, -0.1) is 0 Å². The summed E-state index contributed by atoms with van der Waals surface area (Å²) in [5.74, 6) is 0.277. The fourth-order valence-corrected chi connectivity index (χ4v) is 1.38. The number of carbonyl (C=O) groups is 1. The highest BCUT2D eigenvalue weighted by Crippen LogP contribution is 2.18. The molecular formula is C9H14O2. The van der Waals surface area contributed by atoms with E-state index in [4.69, 9.17) is 5.11 Å². The van der Waals surface area contributed by atoms with Gasteiger partial charge >= 0.3 is 0 Å². The van der Waals surface area contributed by atoms with E-state index in [1.54, 1.807) is 0 Å². The van der Waals surface area contributed by atoms with Crippen LogP contribution in [0.1, 0.15) is 25.7 Å². The van der Waals surface area contributed by atoms with Gasteiger partial charge in [-0.2, -0.15) is 0 Å². The van der Waals surface area contributed by atoms with E-state index in [1.807, 2.05) is 6.08 Å². The Morgan fingerprint density at radius 3 is 3.00 bits per heavy atom. The average Bonchev–Trinajstić information content (AvgIpc) is 2.07. The second-order valence-corrected chi connectivity index (χ2v) is 2.91. The van der Waals surface area contributed by atoms with Gasteiger partial charge in [0.1, 0.15) is 5.78 Å². The van der Waals surface area contributed by atoms with E-state index in [1.165, 1.54) is 0 Å². The summed E-state index contributed by atoms with van der Waals surface area (Å²) < 4.78 is 0. The highest BCUT2D eigenvalue weighted by Gasteiger charge is 2.15. The Bertz CT molecular complexity index is 161. The van der Waals surface area contributed by atoms with Gasteiger partial charge in [-0.05, 0) is 19.3 Å². The van der Waals surface area contributed by atoms with Crippen LogP contribution in [0.15, 0.2) is 12.2 Å². The van der Waals surface area contributed by atoms with Crippen LogP contribution in [0.2, 0.25) is 0 Å². The molecule has 0 aromatic rings. The second kappa shape index (κ2) is 4.29. The van der Waals surface area contributed by atoms with Crippen molar-refractivity contribution in [3.8, 4) is 0 Å². The van der Waals surface area contributed by atoms with Crippen LogP contribution in [0.5, 0.6) is 0 Å². The first kappa shape index (κ1) is 8.47. The van der Waals surface area contributed by atoms with Gasteiger partial charge in [0, 0.05) is 18.9 Å². The molecule has 0 aromatic heterocycles. The zero-order valence-electron chi connectivity index (χ0n) is 6.62. The number of carbonyl (C=O) groups excluding carboxylic acids is 1. The minimum atomic E-state index is -0.0107. The van der Waals surface area contributed by atoms with Crippen molar-refractivity contribution in [2.24, 2.45) is 5.92 Å². The number of ketones is 1. The van der Waals surface area contributed by atoms with Crippen molar-refractivity contribution in [1.82, 2.24) is 0 Å². The first-order chi connectivity index (χ1) is 5.34. The standard InChI is InChI=1S/C9H14O2/c10-7-6-9(11)8-4-2-1-3-5-8/h2,4,8,10H,1,3,5-7H2. The summed E-state index contributed by atoms with van der Waals surface area (Å²) in [5, 5.41) is 8.52. The fourth-order valence-electron chi connectivity index (χ4n) is 1.38. The zero-order chi connectivity index (χ0) is 8.10. The molecule has 1 atom stereocenters. The van der Waals surface area contributed by atoms with Gasteiger partial charge in [0.2, 0.25) is 0 Å². The molecule has 1 aliphatic rings. The molecule has 0 saturated heterocycles. The van der Waals surface area contributed by atoms with Crippen molar-refractivity contribution < 1.29 is 9.90 Å². The van der Waals surface area contributed by atoms with Crippen molar-refractivity contribution in [3.63, 3.8) is 0 Å². The van der Waals surface area contributed by atoms with Crippen LogP contribution in [0, 0.1) is 5.92 Å². The molecule has 0 spiro atoms. The third-order valence-electron chi connectivity index (χ3n) is 2.03. The van der Waals surface area contributed by atoms with Gasteiger partial charge in [-0.25, -0.2) is 0 Å². The number of aliphatic hydroxyl groups excluding tert-OH is 1. The van der Waals surface area contributed by atoms with Crippen molar-refractivity contribution in [1.29, 1.82) is 0 Å². The highest BCUT2D eigenvalue weighted by atomic mass is 16.3. The average molecular weight is 154 g/mol. The van der Waals surface area contributed by atoms with Crippen LogP contribution < -0.4 is 0 Å². The molecule has 0 heterocycles. The lowest BCUT2D eigenvalue weighted by Gasteiger charge is -2.13.